The van der Waals surface area contributed by atoms with Gasteiger partial charge in [-0.25, -0.2) is 0 Å². The van der Waals surface area contributed by atoms with Crippen molar-refractivity contribution in [1.29, 1.82) is 0 Å². The van der Waals surface area contributed by atoms with Crippen LogP contribution in [-0.4, -0.2) is 21.3 Å². The highest BCUT2D eigenvalue weighted by Gasteiger charge is 1.99. The fraction of sp³-hybridized carbons (Fsp3) is 0.176. The molecule has 0 atom stereocenters. The first kappa shape index (κ1) is 14.0. The van der Waals surface area contributed by atoms with Crippen LogP contribution in [0.2, 0.25) is 0 Å². The van der Waals surface area contributed by atoms with Crippen LogP contribution in [0.5, 0.6) is 17.2 Å². The van der Waals surface area contributed by atoms with E-state index in [0.29, 0.717) is 0 Å². The lowest BCUT2D eigenvalue weighted by atomic mass is 10.1. The molecule has 0 N–H and O–H groups in total. The van der Waals surface area contributed by atoms with E-state index in [9.17, 15) is 0 Å². The maximum atomic E-state index is 5.25. The van der Waals surface area contributed by atoms with Crippen molar-refractivity contribution in [2.75, 3.05) is 21.3 Å². The summed E-state index contributed by atoms with van der Waals surface area (Å²) in [6, 6.07) is 13.7. The first-order valence-electron chi connectivity index (χ1n) is 6.30. The summed E-state index contributed by atoms with van der Waals surface area (Å²) in [6.45, 7) is 0. The monoisotopic (exact) mass is 270 g/mol. The summed E-state index contributed by atoms with van der Waals surface area (Å²) in [5.41, 5.74) is 2.09. The van der Waals surface area contributed by atoms with Crippen molar-refractivity contribution in [3.8, 4) is 17.2 Å². The molecule has 0 bridgehead atoms. The average Bonchev–Trinajstić information content (AvgIpc) is 2.52. The largest absolute Gasteiger partial charge is 0.497 e. The van der Waals surface area contributed by atoms with Crippen molar-refractivity contribution in [3.63, 3.8) is 0 Å². The molecule has 3 nitrogen and oxygen atoms in total. The molecule has 0 radical (unpaired) electrons. The zero-order chi connectivity index (χ0) is 14.4. The SMILES string of the molecule is COc1cccc(C=Cc2cc(OC)cc(OC)c2)c1. The zero-order valence-corrected chi connectivity index (χ0v) is 11.9. The van der Waals surface area contributed by atoms with Crippen LogP contribution in [-0.2, 0) is 0 Å². The number of hydrogen-bond donors (Lipinski definition) is 0. The summed E-state index contributed by atoms with van der Waals surface area (Å²) in [5.74, 6) is 2.39. The van der Waals surface area contributed by atoms with E-state index in [1.54, 1.807) is 21.3 Å². The van der Waals surface area contributed by atoms with E-state index in [4.69, 9.17) is 14.2 Å². The lowest BCUT2D eigenvalue weighted by molar-refractivity contribution is 0.394. The third-order valence-electron chi connectivity index (χ3n) is 2.94. The lowest BCUT2D eigenvalue weighted by Gasteiger charge is -2.06. The second-order valence-electron chi connectivity index (χ2n) is 4.26. The highest BCUT2D eigenvalue weighted by Crippen LogP contribution is 2.24. The average molecular weight is 270 g/mol. The van der Waals surface area contributed by atoms with Crippen LogP contribution >= 0.6 is 0 Å². The molecule has 0 aliphatic rings. The third-order valence-corrected chi connectivity index (χ3v) is 2.94. The minimum absolute atomic E-state index is 0.773. The van der Waals surface area contributed by atoms with Gasteiger partial charge in [0.2, 0.25) is 0 Å². The number of rotatable bonds is 5. The van der Waals surface area contributed by atoms with Crippen LogP contribution < -0.4 is 14.2 Å². The molecular formula is C17H18O3. The summed E-state index contributed by atoms with van der Waals surface area (Å²) in [6.07, 6.45) is 4.04. The maximum absolute atomic E-state index is 5.25. The number of ether oxygens (including phenoxy) is 3. The van der Waals surface area contributed by atoms with Crippen molar-refractivity contribution >= 4 is 12.2 Å². The smallest absolute Gasteiger partial charge is 0.123 e. The second kappa shape index (κ2) is 6.66. The number of methoxy groups -OCH3 is 3. The quantitative estimate of drug-likeness (QED) is 0.772. The Morgan fingerprint density at radius 2 is 1.20 bits per heavy atom. The van der Waals surface area contributed by atoms with Crippen molar-refractivity contribution in [1.82, 2.24) is 0 Å². The molecule has 3 heteroatoms. The van der Waals surface area contributed by atoms with Gasteiger partial charge in [0.25, 0.3) is 0 Å². The van der Waals surface area contributed by atoms with Crippen molar-refractivity contribution in [2.24, 2.45) is 0 Å². The molecule has 0 aromatic heterocycles. The molecule has 104 valence electrons. The molecule has 0 aliphatic heterocycles. The van der Waals surface area contributed by atoms with Gasteiger partial charge in [-0.05, 0) is 35.4 Å². The summed E-state index contributed by atoms with van der Waals surface area (Å²) in [4.78, 5) is 0. The van der Waals surface area contributed by atoms with Gasteiger partial charge in [0, 0.05) is 6.07 Å². The molecule has 0 saturated heterocycles. The highest BCUT2D eigenvalue weighted by molar-refractivity contribution is 5.71. The fourth-order valence-electron chi connectivity index (χ4n) is 1.86. The predicted molar refractivity (Wildman–Crippen MR) is 81.5 cm³/mol. The van der Waals surface area contributed by atoms with Gasteiger partial charge >= 0.3 is 0 Å². The molecule has 0 amide bonds. The Hall–Kier alpha value is -2.42. The fourth-order valence-corrected chi connectivity index (χ4v) is 1.86. The molecule has 0 spiro atoms. The molecular weight excluding hydrogens is 252 g/mol. The minimum atomic E-state index is 0.773. The van der Waals surface area contributed by atoms with E-state index in [2.05, 4.69) is 0 Å². The molecule has 0 saturated carbocycles. The maximum Gasteiger partial charge on any atom is 0.123 e. The summed E-state index contributed by atoms with van der Waals surface area (Å²) in [7, 11) is 4.95. The van der Waals surface area contributed by atoms with Crippen molar-refractivity contribution in [3.05, 3.63) is 53.6 Å². The molecule has 2 rings (SSSR count). The van der Waals surface area contributed by atoms with E-state index < -0.39 is 0 Å². The summed E-state index contributed by atoms with van der Waals surface area (Å²) >= 11 is 0. The molecule has 2 aromatic carbocycles. The van der Waals surface area contributed by atoms with Gasteiger partial charge in [0.15, 0.2) is 0 Å². The molecule has 0 unspecified atom stereocenters. The van der Waals surface area contributed by atoms with Gasteiger partial charge in [-0.2, -0.15) is 0 Å². The Balaban J connectivity index is 2.25. The standard InChI is InChI=1S/C17H18O3/c1-18-15-6-4-5-13(9-15)7-8-14-10-16(19-2)12-17(11-14)20-3/h4-12H,1-3H3. The van der Waals surface area contributed by atoms with Gasteiger partial charge in [-0.15, -0.1) is 0 Å². The van der Waals surface area contributed by atoms with E-state index in [0.717, 1.165) is 28.4 Å². The molecule has 0 aliphatic carbocycles. The first-order chi connectivity index (χ1) is 9.75. The minimum Gasteiger partial charge on any atom is -0.497 e. The van der Waals surface area contributed by atoms with E-state index in [1.807, 2.05) is 54.6 Å². The number of benzene rings is 2. The van der Waals surface area contributed by atoms with Crippen LogP contribution in [0.15, 0.2) is 42.5 Å². The van der Waals surface area contributed by atoms with Crippen LogP contribution in [0.1, 0.15) is 11.1 Å². The van der Waals surface area contributed by atoms with Crippen molar-refractivity contribution in [2.45, 2.75) is 0 Å². The Bertz CT molecular complexity index is 581. The Morgan fingerprint density at radius 3 is 1.80 bits per heavy atom. The van der Waals surface area contributed by atoms with Crippen molar-refractivity contribution < 1.29 is 14.2 Å². The Morgan fingerprint density at radius 1 is 0.650 bits per heavy atom. The normalized spacial score (nSPS) is 10.6. The van der Waals surface area contributed by atoms with Gasteiger partial charge < -0.3 is 14.2 Å². The Labute approximate surface area is 119 Å². The van der Waals surface area contributed by atoms with Gasteiger partial charge in [-0.1, -0.05) is 24.3 Å². The second-order valence-corrected chi connectivity index (χ2v) is 4.26. The van der Waals surface area contributed by atoms with Gasteiger partial charge in [0.05, 0.1) is 21.3 Å². The van der Waals surface area contributed by atoms with Crippen LogP contribution in [0.25, 0.3) is 12.2 Å². The molecule has 20 heavy (non-hydrogen) atoms. The van der Waals surface area contributed by atoms with Crippen LogP contribution in [0.3, 0.4) is 0 Å². The molecule has 0 fully saturated rings. The predicted octanol–water partition coefficient (Wildman–Crippen LogP) is 3.88. The zero-order valence-electron chi connectivity index (χ0n) is 11.9. The summed E-state index contributed by atoms with van der Waals surface area (Å²) in [5, 5.41) is 0. The Kier molecular flexibility index (Phi) is 4.66. The molecule has 2 aromatic rings. The lowest BCUT2D eigenvalue weighted by Crippen LogP contribution is -1.88. The summed E-state index contributed by atoms with van der Waals surface area (Å²) < 4.78 is 15.7. The third kappa shape index (κ3) is 3.54. The molecule has 0 heterocycles. The van der Waals surface area contributed by atoms with E-state index in [-0.39, 0.29) is 0 Å². The first-order valence-corrected chi connectivity index (χ1v) is 6.30. The van der Waals surface area contributed by atoms with E-state index >= 15 is 0 Å². The van der Waals surface area contributed by atoms with Gasteiger partial charge in [-0.3, -0.25) is 0 Å². The topological polar surface area (TPSA) is 27.7 Å². The van der Waals surface area contributed by atoms with Crippen LogP contribution in [0, 0.1) is 0 Å². The van der Waals surface area contributed by atoms with E-state index in [1.165, 1.54) is 0 Å². The van der Waals surface area contributed by atoms with Gasteiger partial charge in [0.1, 0.15) is 17.2 Å². The number of hydrogen-bond acceptors (Lipinski definition) is 3. The van der Waals surface area contributed by atoms with Crippen LogP contribution in [0.4, 0.5) is 0 Å². The highest BCUT2D eigenvalue weighted by atomic mass is 16.5.